The van der Waals surface area contributed by atoms with E-state index in [1.54, 1.807) is 5.57 Å². The average Bonchev–Trinajstić information content (AvgIpc) is 2.86. The minimum atomic E-state index is 0.819. The Morgan fingerprint density at radius 2 is 0.900 bits per heavy atom. The average molecular weight is 543 g/mol. The van der Waals surface area contributed by atoms with Gasteiger partial charge < -0.3 is 0 Å². The van der Waals surface area contributed by atoms with Crippen molar-refractivity contribution in [2.75, 3.05) is 0 Å². The molecule has 0 heteroatoms. The Morgan fingerprint density at radius 3 is 1.45 bits per heavy atom. The van der Waals surface area contributed by atoms with Gasteiger partial charge >= 0.3 is 0 Å². The van der Waals surface area contributed by atoms with Crippen LogP contribution < -0.4 is 0 Å². The molecule has 0 rings (SSSR count). The summed E-state index contributed by atoms with van der Waals surface area (Å²) in [6.07, 6.45) is 39.6. The molecule has 0 N–H and O–H groups in total. The summed E-state index contributed by atoms with van der Waals surface area (Å²) < 4.78 is 0. The predicted molar refractivity (Wildman–Crippen MR) is 186 cm³/mol. The van der Waals surface area contributed by atoms with Crippen molar-refractivity contribution in [2.45, 2.75) is 127 Å². The largest absolute Gasteiger partial charge is 0.0856 e. The molecule has 40 heavy (non-hydrogen) atoms. The number of rotatable bonds is 19. The highest BCUT2D eigenvalue weighted by Crippen LogP contribution is 2.15. The van der Waals surface area contributed by atoms with Crippen LogP contribution in [0.3, 0.4) is 0 Å². The van der Waals surface area contributed by atoms with Crippen LogP contribution in [0.1, 0.15) is 127 Å². The van der Waals surface area contributed by atoms with Gasteiger partial charge in [-0.1, -0.05) is 138 Å². The Labute approximate surface area is 250 Å². The molecular weight excluding hydrogens is 480 g/mol. The molecule has 0 spiro atoms. The van der Waals surface area contributed by atoms with Gasteiger partial charge in [0, 0.05) is 0 Å². The fourth-order valence-corrected chi connectivity index (χ4v) is 4.10. The molecule has 0 heterocycles. The highest BCUT2D eigenvalue weighted by molar-refractivity contribution is 5.30. The van der Waals surface area contributed by atoms with E-state index in [1.807, 2.05) is 0 Å². The molecule has 0 aliphatic heterocycles. The van der Waals surface area contributed by atoms with E-state index in [1.165, 1.54) is 65.5 Å². The maximum Gasteiger partial charge on any atom is -0.0285 e. The smallest absolute Gasteiger partial charge is 0.0285 e. The molecule has 0 atom stereocenters. The summed E-state index contributed by atoms with van der Waals surface area (Å²) in [6, 6.07) is 0. The van der Waals surface area contributed by atoms with E-state index in [0.717, 1.165) is 31.6 Å². The molecule has 222 valence electrons. The number of hydrogen-bond acceptors (Lipinski definition) is 0. The molecule has 0 radical (unpaired) electrons. The lowest BCUT2D eigenvalue weighted by Gasteiger charge is -2.05. The van der Waals surface area contributed by atoms with Gasteiger partial charge in [0.2, 0.25) is 0 Å². The normalized spacial score (nSPS) is 15.0. The zero-order valence-corrected chi connectivity index (χ0v) is 27.9. The van der Waals surface area contributed by atoms with Crippen LogP contribution in [0, 0.1) is 5.92 Å². The Bertz CT molecular complexity index is 998. The summed E-state index contributed by atoms with van der Waals surface area (Å²) >= 11 is 0. The topological polar surface area (TPSA) is 0 Å². The lowest BCUT2D eigenvalue weighted by Crippen LogP contribution is -1.88. The van der Waals surface area contributed by atoms with Gasteiger partial charge in [-0.05, 0) is 113 Å². The molecule has 0 amide bonds. The first-order valence-electron chi connectivity index (χ1n) is 15.6. The molecular formula is C40H62. The highest BCUT2D eigenvalue weighted by Gasteiger charge is 1.96. The van der Waals surface area contributed by atoms with Crippen molar-refractivity contribution in [1.29, 1.82) is 0 Å². The Kier molecular flexibility index (Phi) is 22.6. The zero-order valence-electron chi connectivity index (χ0n) is 27.9. The van der Waals surface area contributed by atoms with Crippen LogP contribution in [-0.2, 0) is 0 Å². The van der Waals surface area contributed by atoms with Gasteiger partial charge in [-0.3, -0.25) is 0 Å². The van der Waals surface area contributed by atoms with Crippen molar-refractivity contribution in [3.8, 4) is 0 Å². The van der Waals surface area contributed by atoms with Crippen LogP contribution in [-0.4, -0.2) is 0 Å². The van der Waals surface area contributed by atoms with Gasteiger partial charge in [0.15, 0.2) is 0 Å². The lowest BCUT2D eigenvalue weighted by molar-refractivity contribution is 0.554. The highest BCUT2D eigenvalue weighted by atomic mass is 14.0. The first-order valence-corrected chi connectivity index (χ1v) is 15.6. The third-order valence-electron chi connectivity index (χ3n) is 6.82. The second kappa shape index (κ2) is 24.2. The van der Waals surface area contributed by atoms with Crippen LogP contribution in [0.5, 0.6) is 0 Å². The van der Waals surface area contributed by atoms with Crippen molar-refractivity contribution in [3.05, 3.63) is 118 Å². The van der Waals surface area contributed by atoms with E-state index in [0.29, 0.717) is 0 Å². The van der Waals surface area contributed by atoms with Crippen LogP contribution in [0.4, 0.5) is 0 Å². The van der Waals surface area contributed by atoms with Gasteiger partial charge in [-0.2, -0.15) is 0 Å². The SMILES string of the molecule is CC(C)=CCC/C(C)=C/C=C/C(C)=C/C=C/C(C)=C/C=C/C=C(\C)CC/C=C(\C)CC/C=C(\C)CCCC(C)C. The minimum Gasteiger partial charge on any atom is -0.0856 e. The summed E-state index contributed by atoms with van der Waals surface area (Å²) in [5, 5.41) is 0. The molecule has 0 saturated heterocycles. The molecule has 0 fully saturated rings. The second-order valence-electron chi connectivity index (χ2n) is 12.2. The number of allylic oxidation sites excluding steroid dienone is 20. The Morgan fingerprint density at radius 1 is 0.475 bits per heavy atom. The van der Waals surface area contributed by atoms with Crippen LogP contribution in [0.25, 0.3) is 0 Å². The van der Waals surface area contributed by atoms with Gasteiger partial charge in [0.05, 0.1) is 0 Å². The standard InChI is InChI=1S/C40H62/c1-33(2)19-13-23-37(7)27-17-31-39(9)29-15-25-35(5)21-11-12-22-36(6)26-16-30-40(10)32-18-28-38(8)24-14-20-34(3)4/h11-12,15,17,19,21-22,25,27-31,34H,13-14,16,18,20,23-24,26,32H2,1-10H3/b12-11+,25-15+,31-17+,35-21+,36-22+,37-27+,38-28+,39-29+,40-30+. The number of hydrogen-bond donors (Lipinski definition) is 0. The van der Waals surface area contributed by atoms with Crippen LogP contribution >= 0.6 is 0 Å². The van der Waals surface area contributed by atoms with Crippen molar-refractivity contribution in [3.63, 3.8) is 0 Å². The summed E-state index contributed by atoms with van der Waals surface area (Å²) in [4.78, 5) is 0. The molecule has 0 unspecified atom stereocenters. The maximum atomic E-state index is 2.45. The molecule has 0 saturated carbocycles. The van der Waals surface area contributed by atoms with Gasteiger partial charge in [-0.25, -0.2) is 0 Å². The molecule has 0 nitrogen and oxygen atoms in total. The lowest BCUT2D eigenvalue weighted by atomic mass is 10.0. The Hall–Kier alpha value is -2.60. The molecule has 0 aromatic heterocycles. The molecule has 0 aliphatic carbocycles. The van der Waals surface area contributed by atoms with Gasteiger partial charge in [0.25, 0.3) is 0 Å². The van der Waals surface area contributed by atoms with Crippen LogP contribution in [0.2, 0.25) is 0 Å². The fourth-order valence-electron chi connectivity index (χ4n) is 4.10. The first-order chi connectivity index (χ1) is 19.0. The summed E-state index contributed by atoms with van der Waals surface area (Å²) in [7, 11) is 0. The van der Waals surface area contributed by atoms with E-state index >= 15 is 0 Å². The third kappa shape index (κ3) is 25.7. The quantitative estimate of drug-likeness (QED) is 0.112. The van der Waals surface area contributed by atoms with Gasteiger partial charge in [0.1, 0.15) is 0 Å². The van der Waals surface area contributed by atoms with Crippen molar-refractivity contribution >= 4 is 0 Å². The van der Waals surface area contributed by atoms with E-state index in [9.17, 15) is 0 Å². The first kappa shape index (κ1) is 37.4. The van der Waals surface area contributed by atoms with Crippen molar-refractivity contribution < 1.29 is 0 Å². The molecule has 0 aromatic rings. The zero-order chi connectivity index (χ0) is 30.2. The molecule has 0 aromatic carbocycles. The minimum absolute atomic E-state index is 0.819. The van der Waals surface area contributed by atoms with E-state index in [2.05, 4.69) is 148 Å². The summed E-state index contributed by atoms with van der Waals surface area (Å²) in [5.41, 5.74) is 9.80. The van der Waals surface area contributed by atoms with E-state index in [-0.39, 0.29) is 0 Å². The molecule has 0 aliphatic rings. The second-order valence-corrected chi connectivity index (χ2v) is 12.2. The summed E-state index contributed by atoms with van der Waals surface area (Å²) in [5.74, 6) is 0.819. The van der Waals surface area contributed by atoms with Crippen molar-refractivity contribution in [2.24, 2.45) is 5.92 Å². The van der Waals surface area contributed by atoms with Crippen LogP contribution in [0.15, 0.2) is 118 Å². The van der Waals surface area contributed by atoms with Gasteiger partial charge in [-0.15, -0.1) is 0 Å². The Balaban J connectivity index is 4.45. The summed E-state index contributed by atoms with van der Waals surface area (Å²) in [6.45, 7) is 22.2. The fraction of sp³-hybridized carbons (Fsp3) is 0.500. The van der Waals surface area contributed by atoms with Crippen molar-refractivity contribution in [1.82, 2.24) is 0 Å². The molecule has 0 bridgehead atoms. The predicted octanol–water partition coefficient (Wildman–Crippen LogP) is 13.5. The van der Waals surface area contributed by atoms with E-state index in [4.69, 9.17) is 0 Å². The van der Waals surface area contributed by atoms with E-state index < -0.39 is 0 Å². The third-order valence-corrected chi connectivity index (χ3v) is 6.82. The maximum absolute atomic E-state index is 2.45. The monoisotopic (exact) mass is 542 g/mol.